The lowest BCUT2D eigenvalue weighted by Gasteiger charge is -2.32. The van der Waals surface area contributed by atoms with Crippen molar-refractivity contribution >= 4 is 32.8 Å². The maximum Gasteiger partial charge on any atom is 0.243 e. The van der Waals surface area contributed by atoms with E-state index >= 15 is 0 Å². The van der Waals surface area contributed by atoms with Gasteiger partial charge in [-0.1, -0.05) is 26.8 Å². The first-order chi connectivity index (χ1) is 9.50. The van der Waals surface area contributed by atoms with E-state index in [-0.39, 0.29) is 10.3 Å². The summed E-state index contributed by atoms with van der Waals surface area (Å²) < 4.78 is 36.3. The number of benzene rings is 1. The van der Waals surface area contributed by atoms with E-state index < -0.39 is 15.6 Å². The molecular formula is C14H21N3O2S2. The largest absolute Gasteiger partial charge is 0.243 e. The van der Waals surface area contributed by atoms with Gasteiger partial charge in [-0.25, -0.2) is 13.1 Å². The topological polar surface area (TPSA) is 72.0 Å². The molecule has 0 aliphatic carbocycles. The number of hydrogen-bond donors (Lipinski definition) is 1. The molecule has 1 N–H and O–H groups in total. The Hall–Kier alpha value is -1.05. The maximum absolute atomic E-state index is 12.7. The molecule has 1 aromatic carbocycles. The van der Waals surface area contributed by atoms with Crippen molar-refractivity contribution in [2.75, 3.05) is 0 Å². The Morgan fingerprint density at radius 1 is 1.14 bits per heavy atom. The Kier molecular flexibility index (Phi) is 4.12. The molecule has 0 aliphatic rings. The summed E-state index contributed by atoms with van der Waals surface area (Å²) in [6.07, 6.45) is 0.727. The van der Waals surface area contributed by atoms with Crippen LogP contribution in [0.2, 0.25) is 0 Å². The molecule has 5 nitrogen and oxygen atoms in total. The maximum atomic E-state index is 12.7. The van der Waals surface area contributed by atoms with Gasteiger partial charge in [-0.3, -0.25) is 0 Å². The van der Waals surface area contributed by atoms with Crippen LogP contribution in [-0.2, 0) is 10.0 Å². The number of rotatable bonds is 4. The summed E-state index contributed by atoms with van der Waals surface area (Å²) in [6, 6.07) is 5.02. The van der Waals surface area contributed by atoms with E-state index in [9.17, 15) is 8.42 Å². The molecule has 0 saturated heterocycles. The lowest BCUT2D eigenvalue weighted by atomic mass is 9.82. The first-order valence-corrected chi connectivity index (χ1v) is 8.97. The van der Waals surface area contributed by atoms with E-state index in [1.807, 2.05) is 13.8 Å². The molecule has 0 bridgehead atoms. The van der Waals surface area contributed by atoms with Crippen LogP contribution in [0.3, 0.4) is 0 Å². The van der Waals surface area contributed by atoms with Gasteiger partial charge in [-0.15, -0.1) is 0 Å². The fourth-order valence-electron chi connectivity index (χ4n) is 2.78. The van der Waals surface area contributed by atoms with E-state index in [0.717, 1.165) is 18.1 Å². The summed E-state index contributed by atoms with van der Waals surface area (Å²) in [5.41, 5.74) is 0.529. The summed E-state index contributed by atoms with van der Waals surface area (Å²) in [4.78, 5) is 0.190. The van der Waals surface area contributed by atoms with E-state index in [4.69, 9.17) is 0 Å². The molecule has 2 aromatic rings. The van der Waals surface area contributed by atoms with Crippen LogP contribution < -0.4 is 4.72 Å². The third kappa shape index (κ3) is 3.99. The molecule has 0 atom stereocenters. The van der Waals surface area contributed by atoms with Gasteiger partial charge in [0.15, 0.2) is 0 Å². The minimum atomic E-state index is -3.63. The van der Waals surface area contributed by atoms with Crippen LogP contribution in [0.15, 0.2) is 23.1 Å². The van der Waals surface area contributed by atoms with E-state index in [2.05, 4.69) is 34.2 Å². The number of nitrogens with one attached hydrogen (secondary N) is 1. The van der Waals surface area contributed by atoms with Gasteiger partial charge < -0.3 is 0 Å². The van der Waals surface area contributed by atoms with Gasteiger partial charge in [0.05, 0.1) is 11.7 Å². The van der Waals surface area contributed by atoms with Crippen molar-refractivity contribution in [1.29, 1.82) is 0 Å². The third-order valence-corrected chi connectivity index (χ3v) is 5.19. The van der Waals surface area contributed by atoms with Crippen LogP contribution in [-0.4, -0.2) is 22.7 Å². The van der Waals surface area contributed by atoms with Crippen molar-refractivity contribution in [2.45, 2.75) is 51.5 Å². The van der Waals surface area contributed by atoms with Gasteiger partial charge in [0.2, 0.25) is 10.0 Å². The van der Waals surface area contributed by atoms with Gasteiger partial charge in [-0.2, -0.15) is 8.75 Å². The zero-order chi connectivity index (χ0) is 15.9. The van der Waals surface area contributed by atoms with Crippen molar-refractivity contribution in [1.82, 2.24) is 13.5 Å². The van der Waals surface area contributed by atoms with E-state index in [0.29, 0.717) is 11.0 Å². The van der Waals surface area contributed by atoms with Crippen molar-refractivity contribution in [3.05, 3.63) is 18.2 Å². The lowest BCUT2D eigenvalue weighted by Crippen LogP contribution is -2.45. The van der Waals surface area contributed by atoms with E-state index in [1.165, 1.54) is 0 Å². The second-order valence-electron chi connectivity index (χ2n) is 7.11. The molecule has 0 aliphatic heterocycles. The highest BCUT2D eigenvalue weighted by molar-refractivity contribution is 7.89. The predicted octanol–water partition coefficient (Wildman–Crippen LogP) is 3.18. The number of aromatic nitrogens is 2. The summed E-state index contributed by atoms with van der Waals surface area (Å²) in [6.45, 7) is 10.1. The molecule has 21 heavy (non-hydrogen) atoms. The Morgan fingerprint density at radius 2 is 1.81 bits per heavy atom. The molecule has 0 spiro atoms. The van der Waals surface area contributed by atoms with Crippen LogP contribution in [0.4, 0.5) is 0 Å². The van der Waals surface area contributed by atoms with Gasteiger partial charge >= 0.3 is 0 Å². The Bertz CT molecular complexity index is 743. The van der Waals surface area contributed by atoms with Crippen molar-refractivity contribution in [2.24, 2.45) is 5.41 Å². The number of nitrogens with zero attached hydrogens (tertiary/aromatic N) is 2. The van der Waals surface area contributed by atoms with Crippen LogP contribution in [0.1, 0.15) is 41.0 Å². The lowest BCUT2D eigenvalue weighted by molar-refractivity contribution is 0.269. The van der Waals surface area contributed by atoms with Gasteiger partial charge in [0, 0.05) is 5.54 Å². The Labute approximate surface area is 130 Å². The Balaban J connectivity index is 2.37. The van der Waals surface area contributed by atoms with Crippen molar-refractivity contribution in [3.8, 4) is 0 Å². The SMILES string of the molecule is CC(C)(C)CC(C)(C)NS(=O)(=O)c1cccc2nsnc12. The third-order valence-electron chi connectivity index (χ3n) is 2.92. The van der Waals surface area contributed by atoms with Crippen LogP contribution in [0.25, 0.3) is 11.0 Å². The summed E-state index contributed by atoms with van der Waals surface area (Å²) in [5.74, 6) is 0. The molecule has 7 heteroatoms. The van der Waals surface area contributed by atoms with Gasteiger partial charge in [0.25, 0.3) is 0 Å². The molecule has 116 valence electrons. The summed E-state index contributed by atoms with van der Waals surface area (Å²) in [7, 11) is -3.63. The van der Waals surface area contributed by atoms with Crippen molar-refractivity contribution < 1.29 is 8.42 Å². The van der Waals surface area contributed by atoms with E-state index in [1.54, 1.807) is 18.2 Å². The predicted molar refractivity (Wildman–Crippen MR) is 85.9 cm³/mol. The second kappa shape index (κ2) is 5.30. The number of fused-ring (bicyclic) bond motifs is 1. The average molecular weight is 327 g/mol. The minimum absolute atomic E-state index is 0.0280. The van der Waals surface area contributed by atoms with Crippen LogP contribution in [0.5, 0.6) is 0 Å². The molecule has 1 aromatic heterocycles. The van der Waals surface area contributed by atoms with Crippen molar-refractivity contribution in [3.63, 3.8) is 0 Å². The van der Waals surface area contributed by atoms with Gasteiger partial charge in [-0.05, 0) is 37.8 Å². The molecular weight excluding hydrogens is 306 g/mol. The van der Waals surface area contributed by atoms with Crippen LogP contribution >= 0.6 is 11.7 Å². The summed E-state index contributed by atoms with van der Waals surface area (Å²) >= 11 is 1.02. The highest BCUT2D eigenvalue weighted by atomic mass is 32.2. The quantitative estimate of drug-likeness (QED) is 0.936. The zero-order valence-corrected chi connectivity index (χ0v) is 14.6. The van der Waals surface area contributed by atoms with Gasteiger partial charge in [0.1, 0.15) is 15.9 Å². The second-order valence-corrected chi connectivity index (χ2v) is 9.29. The molecule has 0 amide bonds. The monoisotopic (exact) mass is 327 g/mol. The highest BCUT2D eigenvalue weighted by Crippen LogP contribution is 2.29. The number of sulfonamides is 1. The average Bonchev–Trinajstić information content (AvgIpc) is 2.70. The van der Waals surface area contributed by atoms with Crippen LogP contribution in [0, 0.1) is 5.41 Å². The first kappa shape index (κ1) is 16.3. The molecule has 0 saturated carbocycles. The normalized spacial score (nSPS) is 13.8. The fourth-order valence-corrected chi connectivity index (χ4v) is 4.96. The standard InChI is InChI=1S/C14H21N3O2S2/c1-13(2,3)9-14(4,5)17-21(18,19)11-8-6-7-10-12(11)16-20-15-10/h6-8,17H,9H2,1-5H3. The highest BCUT2D eigenvalue weighted by Gasteiger charge is 2.31. The Morgan fingerprint density at radius 3 is 2.43 bits per heavy atom. The molecule has 0 radical (unpaired) electrons. The number of hydrogen-bond acceptors (Lipinski definition) is 5. The minimum Gasteiger partial charge on any atom is -0.207 e. The smallest absolute Gasteiger partial charge is 0.207 e. The molecule has 2 rings (SSSR count). The molecule has 1 heterocycles. The molecule has 0 unspecified atom stereocenters. The molecule has 0 fully saturated rings. The first-order valence-electron chi connectivity index (χ1n) is 6.76. The zero-order valence-electron chi connectivity index (χ0n) is 13.0. The summed E-state index contributed by atoms with van der Waals surface area (Å²) in [5, 5.41) is 0. The fraction of sp³-hybridized carbons (Fsp3) is 0.571.